The smallest absolute Gasteiger partial charge is 0.409 e. The van der Waals surface area contributed by atoms with Crippen molar-refractivity contribution >= 4 is 94.6 Å². The summed E-state index contributed by atoms with van der Waals surface area (Å²) in [5, 5.41) is 80.0. The summed E-state index contributed by atoms with van der Waals surface area (Å²) in [5.74, 6) is -17.0. The lowest BCUT2D eigenvalue weighted by atomic mass is 10.0. The van der Waals surface area contributed by atoms with Gasteiger partial charge in [0.15, 0.2) is 5.96 Å². The third kappa shape index (κ3) is 39.2. The zero-order chi connectivity index (χ0) is 77.3. The van der Waals surface area contributed by atoms with Crippen LogP contribution in [0.25, 0.3) is 0 Å². The van der Waals surface area contributed by atoms with E-state index in [1.807, 2.05) is 0 Å². The van der Waals surface area contributed by atoms with Crippen molar-refractivity contribution in [2.24, 2.45) is 39.4 Å². The summed E-state index contributed by atoms with van der Waals surface area (Å²) in [6, 6.07) is -18.0. The maximum Gasteiger partial charge on any atom is 0.409 e. The fourth-order valence-electron chi connectivity index (χ4n) is 8.66. The fourth-order valence-corrected chi connectivity index (χ4v) is 8.66. The van der Waals surface area contributed by atoms with Crippen LogP contribution in [0.2, 0.25) is 0 Å². The second-order valence-corrected chi connectivity index (χ2v) is 23.3. The van der Waals surface area contributed by atoms with Crippen molar-refractivity contribution in [1.29, 1.82) is 0 Å². The van der Waals surface area contributed by atoms with Gasteiger partial charge in [0.05, 0.1) is 38.0 Å². The van der Waals surface area contributed by atoms with Crippen LogP contribution < -0.4 is 104 Å². The number of aliphatic hydroxyl groups is 4. The minimum Gasteiger partial charge on any atom is -0.480 e. The maximum atomic E-state index is 14.3. The molecule has 0 aromatic rings. The van der Waals surface area contributed by atoms with Crippen molar-refractivity contribution in [3.8, 4) is 0 Å². The number of carboxylic acids is 1. The number of allylic oxidation sites excluding steroid dienone is 1. The number of aliphatic imine (C=N–C) groups is 1. The zero-order valence-corrected chi connectivity index (χ0v) is 56.8. The van der Waals surface area contributed by atoms with E-state index in [-0.39, 0.29) is 89.2 Å². The predicted molar refractivity (Wildman–Crippen MR) is 351 cm³/mol. The predicted octanol–water partition coefficient (Wildman–Crippen LogP) is -10.4. The van der Waals surface area contributed by atoms with Gasteiger partial charge in [0.2, 0.25) is 82.7 Å². The largest absolute Gasteiger partial charge is 0.480 e. The molecule has 574 valence electrons. The number of unbranched alkanes of at least 4 members (excludes halogenated alkanes) is 3. The Bertz CT molecular complexity index is 2830. The van der Waals surface area contributed by atoms with Crippen LogP contribution in [-0.4, -0.2) is 257 Å². The Morgan fingerprint density at radius 2 is 0.871 bits per heavy atom. The van der Waals surface area contributed by atoms with E-state index >= 15 is 0 Å². The molecule has 0 aromatic heterocycles. The first kappa shape index (κ1) is 91.6. The summed E-state index contributed by atoms with van der Waals surface area (Å²) >= 11 is 0. The molecule has 0 unspecified atom stereocenters. The fraction of sp³-hybridized carbons (Fsp3) is 0.690. The molecule has 0 heterocycles. The quantitative estimate of drug-likeness (QED) is 0.0116. The first-order chi connectivity index (χ1) is 47.2. The highest BCUT2D eigenvalue weighted by Gasteiger charge is 2.37. The number of amides is 14. The van der Waals surface area contributed by atoms with E-state index in [1.54, 1.807) is 0 Å². The number of carbonyl (C=O) groups is 15. The van der Waals surface area contributed by atoms with Crippen molar-refractivity contribution in [1.82, 2.24) is 69.1 Å². The number of hydrogen-bond donors (Lipinski definition) is 24. The number of aliphatic carboxylic acids is 1. The van der Waals surface area contributed by atoms with E-state index < -0.39 is 219 Å². The first-order valence-electron chi connectivity index (χ1n) is 32.2. The normalized spacial score (nSPS) is 15.4. The van der Waals surface area contributed by atoms with E-state index in [0.717, 1.165) is 20.8 Å². The molecule has 14 amide bonds. The topological polar surface area (TPSA) is 682 Å². The van der Waals surface area contributed by atoms with Gasteiger partial charge in [-0.25, -0.2) is 0 Å². The van der Waals surface area contributed by atoms with Gasteiger partial charge in [-0.3, -0.25) is 76.9 Å². The number of nitrogens with one attached hydrogen (secondary N) is 13. The van der Waals surface area contributed by atoms with Gasteiger partial charge in [-0.05, 0) is 125 Å². The van der Waals surface area contributed by atoms with Crippen LogP contribution in [-0.2, 0) is 71.9 Å². The maximum absolute atomic E-state index is 14.3. The third-order valence-electron chi connectivity index (χ3n) is 14.5. The lowest BCUT2D eigenvalue weighted by Crippen LogP contribution is -2.62. The number of nitrogens with zero attached hydrogens (tertiary/aromatic N) is 1. The molecule has 0 saturated carbocycles. The van der Waals surface area contributed by atoms with Crippen LogP contribution in [0.3, 0.4) is 0 Å². The number of halogens is 3. The molecular weight excluding hydrogens is 1350 g/mol. The molecule has 0 saturated heterocycles. The molecule has 0 aliphatic carbocycles. The van der Waals surface area contributed by atoms with Gasteiger partial charge >= 0.3 is 12.1 Å². The van der Waals surface area contributed by atoms with Crippen LogP contribution in [0.5, 0.6) is 0 Å². The van der Waals surface area contributed by atoms with Gasteiger partial charge in [0.25, 0.3) is 0 Å². The van der Waals surface area contributed by atoms with Gasteiger partial charge in [0.1, 0.15) is 66.5 Å². The number of rotatable bonds is 50. The minimum atomic E-state index is -4.83. The SMILES string of the molecule is C[C@H](NC(=O)[C@H](CCCCN)NC(=O)CNC(=O)CNC(=O)[C@@H](NC(=O)[C@H](CO)NC(=O)[C@H](CCCCNC(=O)/C=C/C(F)(F)F)NC(=O)[C@H](CCCN=C(N)N)NC(=O)[C@H](C)NC(=O)[C@@H](NC(=O)[C@H](CCC(N)=O)NC(=O)[C@H](CCCCN)NC(=O)[C@@H](N)[C@@H](C)O)[C@@H](C)O)[C@@H](C)O)C(=O)O. The van der Waals surface area contributed by atoms with E-state index in [4.69, 9.17) is 34.4 Å². The average Bonchev–Trinajstić information content (AvgIpc) is 0.864. The average molecular weight is 1460 g/mol. The Hall–Kier alpha value is -9.43. The summed E-state index contributed by atoms with van der Waals surface area (Å²) in [6.07, 6.45) is -10.4. The lowest BCUT2D eigenvalue weighted by molar-refractivity contribution is -0.141. The highest BCUT2D eigenvalue weighted by molar-refractivity contribution is 5.99. The van der Waals surface area contributed by atoms with Gasteiger partial charge in [0, 0.05) is 31.7 Å². The summed E-state index contributed by atoms with van der Waals surface area (Å²) in [6.45, 7) is 2.72. The summed E-state index contributed by atoms with van der Waals surface area (Å²) < 4.78 is 38.1. The second-order valence-electron chi connectivity index (χ2n) is 23.3. The van der Waals surface area contributed by atoms with Crippen molar-refractivity contribution in [3.63, 3.8) is 0 Å². The van der Waals surface area contributed by atoms with Crippen molar-refractivity contribution < 1.29 is 111 Å². The van der Waals surface area contributed by atoms with E-state index in [2.05, 4.69) is 74.1 Å². The molecule has 30 N–H and O–H groups in total. The molecule has 0 rings (SSSR count). The molecule has 0 aromatic carbocycles. The Balaban J connectivity index is 6.80. The first-order valence-corrected chi connectivity index (χ1v) is 32.2. The molecule has 101 heavy (non-hydrogen) atoms. The molecular formula is C58H101F3N20O20. The van der Waals surface area contributed by atoms with Crippen LogP contribution in [0.1, 0.15) is 118 Å². The number of hydrogen-bond acceptors (Lipinski definition) is 23. The second kappa shape index (κ2) is 48.4. The molecule has 40 nitrogen and oxygen atoms in total. The van der Waals surface area contributed by atoms with Crippen molar-refractivity contribution in [2.75, 3.05) is 45.9 Å². The number of carboxylic acid groups (broad SMARTS) is 1. The van der Waals surface area contributed by atoms with Crippen LogP contribution >= 0.6 is 0 Å². The van der Waals surface area contributed by atoms with Crippen molar-refractivity contribution in [3.05, 3.63) is 12.2 Å². The summed E-state index contributed by atoms with van der Waals surface area (Å²) in [4.78, 5) is 201. The van der Waals surface area contributed by atoms with Crippen LogP contribution in [0, 0.1) is 0 Å². The van der Waals surface area contributed by atoms with Crippen molar-refractivity contribution in [2.45, 2.75) is 209 Å². The standard InChI is InChI=1S/C58H101F3N20O20/c1-28(72-55(99)45(32(5)85)81-51(95)37(17-18-39(64)86)77-48(92)35(14-7-10-22-63)78-53(97)43(65)30(3)83)46(90)75-36(16-12-24-69-57(66)67)49(93)76-34(15-8-11-23-68-40(87)19-20-58(59,60)61)50(94)79-38(27-82)52(96)80-44(31(4)84)54(98)71-25-41(88)70-26-42(89)74-33(13-6-9-21-62)47(91)73-29(2)56(100)101/h19-20,28-38,43-45,82-85H,6-18,21-27,62-63,65H2,1-5H3,(H2,64,86)(H,68,87)(H,70,88)(H,71,98)(H,72,99)(H,73,91)(H,74,89)(H,75,90)(H,76,93)(H,77,92)(H,78,97)(H,79,94)(H,80,96)(H,81,95)(H,100,101)(H4,66,67,69)/b20-19+/t28-,29-,30+,31+,32+,33-,34-,35-,36-,37-,38-,43-,44-,45-/m0/s1. The molecule has 0 spiro atoms. The summed E-state index contributed by atoms with van der Waals surface area (Å²) in [7, 11) is 0. The zero-order valence-electron chi connectivity index (χ0n) is 56.8. The number of primary amides is 1. The molecule has 14 atom stereocenters. The molecule has 0 aliphatic heterocycles. The Morgan fingerprint density at radius 3 is 1.34 bits per heavy atom. The molecule has 0 aliphatic rings. The van der Waals surface area contributed by atoms with Gasteiger partial charge in [-0.15, -0.1) is 0 Å². The number of guanidine groups is 1. The Labute approximate surface area is 579 Å². The number of carbonyl (C=O) groups excluding carboxylic acids is 14. The Kier molecular flexibility index (Phi) is 43.9. The number of alkyl halides is 3. The van der Waals surface area contributed by atoms with Gasteiger partial charge in [-0.2, -0.15) is 13.2 Å². The number of nitrogens with two attached hydrogens (primary N) is 6. The minimum absolute atomic E-state index is 0.0431. The molecule has 0 radical (unpaired) electrons. The highest BCUT2D eigenvalue weighted by atomic mass is 19.4. The van der Waals surface area contributed by atoms with Gasteiger partial charge < -0.3 is 129 Å². The Morgan fingerprint density at radius 1 is 0.455 bits per heavy atom. The van der Waals surface area contributed by atoms with E-state index in [9.17, 15) is 111 Å². The number of aliphatic hydroxyl groups excluding tert-OH is 4. The molecule has 0 bridgehead atoms. The van der Waals surface area contributed by atoms with Crippen LogP contribution in [0.15, 0.2) is 17.1 Å². The summed E-state index contributed by atoms with van der Waals surface area (Å²) in [5.41, 5.74) is 33.1. The third-order valence-corrected chi connectivity index (χ3v) is 14.5. The van der Waals surface area contributed by atoms with E-state index in [1.165, 1.54) is 13.8 Å². The monoisotopic (exact) mass is 1450 g/mol. The highest BCUT2D eigenvalue weighted by Crippen LogP contribution is 2.16. The molecule has 0 fully saturated rings. The van der Waals surface area contributed by atoms with Gasteiger partial charge in [-0.1, -0.05) is 0 Å². The molecule has 43 heteroatoms. The van der Waals surface area contributed by atoms with E-state index in [0.29, 0.717) is 19.3 Å². The lowest BCUT2D eigenvalue weighted by Gasteiger charge is -2.28. The van der Waals surface area contributed by atoms with Crippen LogP contribution in [0.4, 0.5) is 13.2 Å².